The molecular weight excluding hydrogens is 550 g/mol. The number of benzene rings is 3. The normalized spacial score (nSPS) is 15.6. The van der Waals surface area contributed by atoms with E-state index in [1.54, 1.807) is 13.4 Å². The summed E-state index contributed by atoms with van der Waals surface area (Å²) in [4.78, 5) is 26.6. The minimum absolute atomic E-state index is 0.0374. The predicted octanol–water partition coefficient (Wildman–Crippen LogP) is 6.92. The van der Waals surface area contributed by atoms with Gasteiger partial charge in [-0.05, 0) is 72.9 Å². The van der Waals surface area contributed by atoms with Crippen LogP contribution in [0.1, 0.15) is 59.3 Å². The molecule has 0 radical (unpaired) electrons. The Bertz CT molecular complexity index is 1640. The van der Waals surface area contributed by atoms with Gasteiger partial charge in [0.25, 0.3) is 5.91 Å². The number of likely N-dealkylation sites (N-methyl/N-ethyl adjacent to an activating group) is 1. The van der Waals surface area contributed by atoms with Gasteiger partial charge in [0.1, 0.15) is 11.5 Å². The van der Waals surface area contributed by atoms with Crippen LogP contribution in [0.3, 0.4) is 0 Å². The number of amides is 1. The molecule has 228 valence electrons. The number of para-hydroxylation sites is 1. The molecule has 2 N–H and O–H groups in total. The van der Waals surface area contributed by atoms with Gasteiger partial charge in [-0.1, -0.05) is 49.4 Å². The van der Waals surface area contributed by atoms with Crippen LogP contribution in [0.15, 0.2) is 95.6 Å². The number of likely N-dealkylation sites (tertiary alicyclic amines) is 1. The second kappa shape index (κ2) is 13.4. The first-order valence-corrected chi connectivity index (χ1v) is 15.5. The number of carbonyl (C=O) groups excluding carboxylic acids is 1. The summed E-state index contributed by atoms with van der Waals surface area (Å²) < 4.78 is 11.0. The highest BCUT2D eigenvalue weighted by Gasteiger charge is 2.36. The van der Waals surface area contributed by atoms with Crippen LogP contribution < -0.4 is 10.1 Å². The van der Waals surface area contributed by atoms with Gasteiger partial charge < -0.3 is 24.4 Å². The molecule has 8 nitrogen and oxygen atoms in total. The Kier molecular flexibility index (Phi) is 8.98. The smallest absolute Gasteiger partial charge is 0.254 e. The lowest BCUT2D eigenvalue weighted by Crippen LogP contribution is -2.55. The van der Waals surface area contributed by atoms with Gasteiger partial charge in [-0.25, -0.2) is 4.98 Å². The van der Waals surface area contributed by atoms with E-state index in [0.717, 1.165) is 66.4 Å². The number of rotatable bonds is 11. The van der Waals surface area contributed by atoms with Crippen molar-refractivity contribution in [3.05, 3.63) is 114 Å². The van der Waals surface area contributed by atoms with Gasteiger partial charge >= 0.3 is 0 Å². The molecule has 2 unspecified atom stereocenters. The maximum Gasteiger partial charge on any atom is 0.254 e. The topological polar surface area (TPSA) is 86.6 Å². The van der Waals surface area contributed by atoms with E-state index in [9.17, 15) is 4.79 Å². The monoisotopic (exact) mass is 591 g/mol. The zero-order valence-corrected chi connectivity index (χ0v) is 25.7. The number of fused-ring (bicyclic) bond motifs is 1. The summed E-state index contributed by atoms with van der Waals surface area (Å²) >= 11 is 0. The number of H-pyrrole nitrogens is 1. The Morgan fingerprint density at radius 2 is 1.82 bits per heavy atom. The number of furan rings is 1. The van der Waals surface area contributed by atoms with Crippen molar-refractivity contribution in [1.29, 1.82) is 0 Å². The number of nitrogens with zero attached hydrogens (tertiary/aromatic N) is 3. The number of aromatic amines is 1. The largest absolute Gasteiger partial charge is 0.497 e. The molecule has 8 heteroatoms. The summed E-state index contributed by atoms with van der Waals surface area (Å²) in [7, 11) is 3.63. The standard InChI is InChI=1S/C36H41N5O3/c1-4-31(25-15-17-29(43-3)18-16-25)34(40(2)35(42)26-10-6-5-7-11-26)41-21-19-28(20-22-41)37-36-38-32-14-8-12-27(33(32)39-36)24-30-13-9-23-44-30/h5-18,23,28,31,34H,4,19-22,24H2,1-3H3,(H2,37,38,39). The van der Waals surface area contributed by atoms with Crippen LogP contribution >= 0.6 is 0 Å². The molecule has 6 rings (SSSR count). The molecule has 3 heterocycles. The Morgan fingerprint density at radius 3 is 2.50 bits per heavy atom. The summed E-state index contributed by atoms with van der Waals surface area (Å²) in [5, 5.41) is 3.67. The summed E-state index contributed by atoms with van der Waals surface area (Å²) in [5.74, 6) is 2.73. The molecule has 0 spiro atoms. The fourth-order valence-corrected chi connectivity index (χ4v) is 6.55. The molecular formula is C36H41N5O3. The molecule has 0 bridgehead atoms. The number of imidazole rings is 1. The van der Waals surface area contributed by atoms with Crippen LogP contribution in [0.5, 0.6) is 5.75 Å². The van der Waals surface area contributed by atoms with Crippen molar-refractivity contribution in [2.45, 2.75) is 50.7 Å². The quantitative estimate of drug-likeness (QED) is 0.173. The minimum atomic E-state index is -0.0857. The lowest BCUT2D eigenvalue weighted by atomic mass is 9.90. The molecule has 5 aromatic rings. The zero-order valence-electron chi connectivity index (χ0n) is 25.7. The lowest BCUT2D eigenvalue weighted by molar-refractivity contribution is 0.0201. The fourth-order valence-electron chi connectivity index (χ4n) is 6.55. The van der Waals surface area contributed by atoms with Gasteiger partial charge in [-0.3, -0.25) is 9.69 Å². The van der Waals surface area contributed by atoms with Crippen LogP contribution in [-0.2, 0) is 6.42 Å². The highest BCUT2D eigenvalue weighted by Crippen LogP contribution is 2.33. The Labute approximate surface area is 259 Å². The number of aromatic nitrogens is 2. The van der Waals surface area contributed by atoms with Crippen LogP contribution in [0.25, 0.3) is 11.0 Å². The maximum atomic E-state index is 13.7. The Hall–Kier alpha value is -4.56. The zero-order chi connectivity index (χ0) is 30.5. The first kappa shape index (κ1) is 29.5. The second-order valence-corrected chi connectivity index (χ2v) is 11.6. The lowest BCUT2D eigenvalue weighted by Gasteiger charge is -2.45. The van der Waals surface area contributed by atoms with Crippen molar-refractivity contribution in [3.63, 3.8) is 0 Å². The first-order chi connectivity index (χ1) is 21.5. The number of methoxy groups -OCH3 is 1. The van der Waals surface area contributed by atoms with Gasteiger partial charge in [-0.2, -0.15) is 0 Å². The van der Waals surface area contributed by atoms with Gasteiger partial charge in [0.15, 0.2) is 0 Å². The number of carbonyl (C=O) groups is 1. The maximum absolute atomic E-state index is 13.7. The number of nitrogens with one attached hydrogen (secondary N) is 2. The summed E-state index contributed by atoms with van der Waals surface area (Å²) in [6.45, 7) is 3.94. The number of anilines is 1. The Morgan fingerprint density at radius 1 is 1.05 bits per heavy atom. The van der Waals surface area contributed by atoms with E-state index >= 15 is 0 Å². The molecule has 1 aliphatic rings. The van der Waals surface area contributed by atoms with Crippen molar-refractivity contribution in [2.24, 2.45) is 0 Å². The van der Waals surface area contributed by atoms with Crippen molar-refractivity contribution < 1.29 is 13.9 Å². The summed E-state index contributed by atoms with van der Waals surface area (Å²) in [6.07, 6.45) is 5.12. The number of hydrogen-bond donors (Lipinski definition) is 2. The van der Waals surface area contributed by atoms with E-state index in [4.69, 9.17) is 14.1 Å². The highest BCUT2D eigenvalue weighted by atomic mass is 16.5. The first-order valence-electron chi connectivity index (χ1n) is 15.5. The molecule has 3 aromatic carbocycles. The molecule has 1 aliphatic heterocycles. The third-order valence-electron chi connectivity index (χ3n) is 8.87. The van der Waals surface area contributed by atoms with E-state index in [2.05, 4.69) is 52.5 Å². The number of ether oxygens (including phenoxy) is 1. The van der Waals surface area contributed by atoms with Gasteiger partial charge in [-0.15, -0.1) is 0 Å². The van der Waals surface area contributed by atoms with Crippen LogP contribution in [-0.4, -0.2) is 65.1 Å². The van der Waals surface area contributed by atoms with E-state index < -0.39 is 0 Å². The number of hydrogen-bond acceptors (Lipinski definition) is 6. The van der Waals surface area contributed by atoms with Crippen molar-refractivity contribution in [1.82, 2.24) is 19.8 Å². The van der Waals surface area contributed by atoms with Gasteiger partial charge in [0, 0.05) is 44.1 Å². The van der Waals surface area contributed by atoms with Gasteiger partial charge in [0.05, 0.1) is 30.6 Å². The Balaban J connectivity index is 1.19. The van der Waals surface area contributed by atoms with E-state index in [-0.39, 0.29) is 24.0 Å². The van der Waals surface area contributed by atoms with E-state index in [1.807, 2.05) is 66.5 Å². The molecule has 0 saturated carbocycles. The molecule has 0 aliphatic carbocycles. The molecule has 2 atom stereocenters. The van der Waals surface area contributed by atoms with Crippen molar-refractivity contribution in [2.75, 3.05) is 32.6 Å². The van der Waals surface area contributed by atoms with Crippen LogP contribution in [0.4, 0.5) is 5.95 Å². The van der Waals surface area contributed by atoms with Crippen LogP contribution in [0, 0.1) is 0 Å². The number of piperidine rings is 1. The van der Waals surface area contributed by atoms with Crippen molar-refractivity contribution in [3.8, 4) is 5.75 Å². The van der Waals surface area contributed by atoms with Gasteiger partial charge in [0.2, 0.25) is 5.95 Å². The fraction of sp³-hybridized carbons (Fsp3) is 0.333. The average molecular weight is 592 g/mol. The molecule has 2 aromatic heterocycles. The second-order valence-electron chi connectivity index (χ2n) is 11.6. The van der Waals surface area contributed by atoms with Crippen LogP contribution in [0.2, 0.25) is 0 Å². The molecule has 1 amide bonds. The average Bonchev–Trinajstić information content (AvgIpc) is 3.74. The highest BCUT2D eigenvalue weighted by molar-refractivity contribution is 5.94. The van der Waals surface area contributed by atoms with E-state index in [1.165, 1.54) is 5.56 Å². The molecule has 44 heavy (non-hydrogen) atoms. The minimum Gasteiger partial charge on any atom is -0.497 e. The third-order valence-corrected chi connectivity index (χ3v) is 8.87. The molecule has 1 saturated heterocycles. The SMILES string of the molecule is CCC(c1ccc(OC)cc1)C(N1CCC(Nc2nc3c(Cc4ccco4)cccc3[nH]2)CC1)N(C)C(=O)c1ccccc1. The summed E-state index contributed by atoms with van der Waals surface area (Å²) in [5.41, 5.74) is 5.03. The third kappa shape index (κ3) is 6.36. The van der Waals surface area contributed by atoms with E-state index in [0.29, 0.717) is 12.0 Å². The molecule has 1 fully saturated rings. The van der Waals surface area contributed by atoms with Crippen molar-refractivity contribution >= 4 is 22.9 Å². The predicted molar refractivity (Wildman–Crippen MR) is 174 cm³/mol. The summed E-state index contributed by atoms with van der Waals surface area (Å²) in [6, 6.07) is 28.3.